The summed E-state index contributed by atoms with van der Waals surface area (Å²) in [5.74, 6) is 0. The number of aromatic nitrogens is 3. The first-order chi connectivity index (χ1) is 26.1. The van der Waals surface area contributed by atoms with Crippen LogP contribution in [0.25, 0.3) is 98.4 Å². The highest BCUT2D eigenvalue weighted by Gasteiger charge is 2.39. The van der Waals surface area contributed by atoms with E-state index in [1.165, 1.54) is 104 Å². The van der Waals surface area contributed by atoms with E-state index >= 15 is 0 Å². The van der Waals surface area contributed by atoms with Gasteiger partial charge in [-0.3, -0.25) is 4.98 Å². The topological polar surface area (TPSA) is 22.8 Å². The molecule has 0 N–H and O–H groups in total. The van der Waals surface area contributed by atoms with Crippen molar-refractivity contribution in [3.8, 4) is 22.5 Å². The lowest BCUT2D eigenvalue weighted by Gasteiger charge is -2.24. The van der Waals surface area contributed by atoms with Crippen molar-refractivity contribution >= 4 is 75.9 Å². The molecule has 12 rings (SSSR count). The molecule has 3 heteroatoms. The second kappa shape index (κ2) is 10.2. The molecular formula is C50H33N3. The molecule has 53 heavy (non-hydrogen) atoms. The predicted molar refractivity (Wildman–Crippen MR) is 223 cm³/mol. The van der Waals surface area contributed by atoms with E-state index in [0.29, 0.717) is 0 Å². The molecule has 0 atom stereocenters. The van der Waals surface area contributed by atoms with Crippen molar-refractivity contribution in [1.82, 2.24) is 14.1 Å². The highest BCUT2D eigenvalue weighted by molar-refractivity contribution is 6.26. The summed E-state index contributed by atoms with van der Waals surface area (Å²) in [5.41, 5.74) is 12.3. The summed E-state index contributed by atoms with van der Waals surface area (Å²) in [7, 11) is 0. The number of hydrogen-bond donors (Lipinski definition) is 0. The minimum Gasteiger partial charge on any atom is -0.309 e. The molecule has 0 amide bonds. The van der Waals surface area contributed by atoms with Gasteiger partial charge in [0.2, 0.25) is 0 Å². The first kappa shape index (κ1) is 28.9. The Labute approximate surface area is 306 Å². The zero-order valence-electron chi connectivity index (χ0n) is 29.4. The van der Waals surface area contributed by atoms with E-state index in [4.69, 9.17) is 0 Å². The lowest BCUT2D eigenvalue weighted by molar-refractivity contribution is 0.665. The molecule has 1 aliphatic rings. The smallest absolute Gasteiger partial charge is 0.0589 e. The fourth-order valence-corrected chi connectivity index (χ4v) is 9.93. The average Bonchev–Trinajstić information content (AvgIpc) is 3.81. The van der Waals surface area contributed by atoms with E-state index in [0.717, 1.165) is 5.69 Å². The van der Waals surface area contributed by atoms with Gasteiger partial charge in [0.25, 0.3) is 0 Å². The van der Waals surface area contributed by atoms with Gasteiger partial charge >= 0.3 is 0 Å². The molecule has 248 valence electrons. The Balaban J connectivity index is 1.23. The standard InChI is InChI=1S/C50H33N3/c1-50(2)42-28-39-34-18-9-7-16-32(34)31-15-6-8-17-33(31)38(39)27-40(42)35-23-24-36-41-29-51-26-25-44(41)53(49(36)48(35)50)46-22-12-21-45-47(46)37-19-10-11-20-43(37)52(45)30-13-4-3-5-14-30/h3-29H,1-2H3. The van der Waals surface area contributed by atoms with Gasteiger partial charge in [0.05, 0.1) is 27.8 Å². The van der Waals surface area contributed by atoms with Gasteiger partial charge in [-0.25, -0.2) is 0 Å². The first-order valence-corrected chi connectivity index (χ1v) is 18.5. The molecule has 0 bridgehead atoms. The molecule has 3 heterocycles. The zero-order valence-corrected chi connectivity index (χ0v) is 29.4. The Kier molecular flexibility index (Phi) is 5.57. The Bertz CT molecular complexity index is 3360. The van der Waals surface area contributed by atoms with Gasteiger partial charge in [-0.15, -0.1) is 0 Å². The number of benzene rings is 8. The molecule has 3 nitrogen and oxygen atoms in total. The van der Waals surface area contributed by atoms with Crippen LogP contribution < -0.4 is 0 Å². The monoisotopic (exact) mass is 675 g/mol. The maximum Gasteiger partial charge on any atom is 0.0589 e. The summed E-state index contributed by atoms with van der Waals surface area (Å²) in [6, 6.07) is 56.1. The maximum absolute atomic E-state index is 4.67. The van der Waals surface area contributed by atoms with E-state index < -0.39 is 0 Å². The summed E-state index contributed by atoms with van der Waals surface area (Å²) < 4.78 is 4.96. The van der Waals surface area contributed by atoms with Crippen LogP contribution in [0.1, 0.15) is 25.0 Å². The lowest BCUT2D eigenvalue weighted by Crippen LogP contribution is -2.16. The number of nitrogens with zero attached hydrogens (tertiary/aromatic N) is 3. The SMILES string of the molecule is CC1(C)c2cc3c4ccccc4c4ccccc4c3cc2-c2ccc3c4cnccc4n(-c4cccc5c4c4ccccc4n5-c4ccccc4)c3c21. The minimum absolute atomic E-state index is 0.267. The quantitative estimate of drug-likeness (QED) is 0.167. The number of fused-ring (bicyclic) bond motifs is 16. The van der Waals surface area contributed by atoms with E-state index in [1.807, 2.05) is 6.20 Å². The fourth-order valence-electron chi connectivity index (χ4n) is 9.93. The molecule has 1 aliphatic carbocycles. The highest BCUT2D eigenvalue weighted by atomic mass is 15.0. The van der Waals surface area contributed by atoms with Crippen LogP contribution in [0.2, 0.25) is 0 Å². The molecule has 0 spiro atoms. The third kappa shape index (κ3) is 3.66. The molecule has 0 unspecified atom stereocenters. The number of hydrogen-bond acceptors (Lipinski definition) is 1. The van der Waals surface area contributed by atoms with Crippen LogP contribution in [0.3, 0.4) is 0 Å². The molecule has 0 radical (unpaired) electrons. The van der Waals surface area contributed by atoms with Crippen LogP contribution in [0, 0.1) is 0 Å². The molecular weight excluding hydrogens is 643 g/mol. The Morgan fingerprint density at radius 3 is 1.83 bits per heavy atom. The highest BCUT2D eigenvalue weighted by Crippen LogP contribution is 2.55. The normalized spacial score (nSPS) is 13.6. The number of para-hydroxylation sites is 2. The van der Waals surface area contributed by atoms with Gasteiger partial charge in [0, 0.05) is 45.0 Å². The molecule has 11 aromatic rings. The molecule has 0 fully saturated rings. The summed E-state index contributed by atoms with van der Waals surface area (Å²) in [6.07, 6.45) is 3.99. The van der Waals surface area contributed by atoms with Crippen LogP contribution in [0.5, 0.6) is 0 Å². The van der Waals surface area contributed by atoms with Crippen LogP contribution >= 0.6 is 0 Å². The van der Waals surface area contributed by atoms with Crippen molar-refractivity contribution in [3.05, 3.63) is 175 Å². The van der Waals surface area contributed by atoms with Gasteiger partial charge in [0.15, 0.2) is 0 Å². The van der Waals surface area contributed by atoms with Gasteiger partial charge in [-0.1, -0.05) is 117 Å². The zero-order chi connectivity index (χ0) is 35.0. The average molecular weight is 676 g/mol. The van der Waals surface area contributed by atoms with Crippen molar-refractivity contribution in [2.24, 2.45) is 0 Å². The van der Waals surface area contributed by atoms with Crippen molar-refractivity contribution in [2.45, 2.75) is 19.3 Å². The first-order valence-electron chi connectivity index (χ1n) is 18.5. The number of rotatable bonds is 2. The van der Waals surface area contributed by atoms with E-state index in [1.54, 1.807) is 0 Å². The van der Waals surface area contributed by atoms with Crippen molar-refractivity contribution in [3.63, 3.8) is 0 Å². The van der Waals surface area contributed by atoms with Crippen LogP contribution in [-0.4, -0.2) is 14.1 Å². The third-order valence-electron chi connectivity index (χ3n) is 12.1. The largest absolute Gasteiger partial charge is 0.309 e. The molecule has 0 aliphatic heterocycles. The van der Waals surface area contributed by atoms with Crippen molar-refractivity contribution < 1.29 is 0 Å². The van der Waals surface area contributed by atoms with E-state index in [-0.39, 0.29) is 5.41 Å². The maximum atomic E-state index is 4.67. The summed E-state index contributed by atoms with van der Waals surface area (Å²) >= 11 is 0. The Hall–Kier alpha value is -6.71. The Morgan fingerprint density at radius 1 is 0.453 bits per heavy atom. The third-order valence-corrected chi connectivity index (χ3v) is 12.1. The van der Waals surface area contributed by atoms with Crippen LogP contribution in [0.4, 0.5) is 0 Å². The molecule has 0 saturated heterocycles. The fraction of sp³-hybridized carbons (Fsp3) is 0.0600. The van der Waals surface area contributed by atoms with Gasteiger partial charge in [0.1, 0.15) is 0 Å². The summed E-state index contributed by atoms with van der Waals surface area (Å²) in [4.78, 5) is 4.67. The van der Waals surface area contributed by atoms with Crippen molar-refractivity contribution in [1.29, 1.82) is 0 Å². The van der Waals surface area contributed by atoms with E-state index in [9.17, 15) is 0 Å². The van der Waals surface area contributed by atoms with Crippen molar-refractivity contribution in [2.75, 3.05) is 0 Å². The van der Waals surface area contributed by atoms with Gasteiger partial charge in [-0.05, 0) is 103 Å². The summed E-state index contributed by atoms with van der Waals surface area (Å²) in [6.45, 7) is 4.85. The second-order valence-electron chi connectivity index (χ2n) is 15.1. The van der Waals surface area contributed by atoms with E-state index in [2.05, 4.69) is 186 Å². The second-order valence-corrected chi connectivity index (χ2v) is 15.1. The predicted octanol–water partition coefficient (Wildman–Crippen LogP) is 13.0. The molecule has 8 aromatic carbocycles. The van der Waals surface area contributed by atoms with Crippen LogP contribution in [-0.2, 0) is 5.41 Å². The number of pyridine rings is 1. The Morgan fingerprint density at radius 2 is 1.08 bits per heavy atom. The molecule has 3 aromatic heterocycles. The van der Waals surface area contributed by atoms with Gasteiger partial charge < -0.3 is 9.13 Å². The van der Waals surface area contributed by atoms with Gasteiger partial charge in [-0.2, -0.15) is 0 Å². The lowest BCUT2D eigenvalue weighted by atomic mass is 9.80. The summed E-state index contributed by atoms with van der Waals surface area (Å²) in [5, 5.41) is 12.7. The molecule has 0 saturated carbocycles. The minimum atomic E-state index is -0.267. The van der Waals surface area contributed by atoms with Crippen LogP contribution in [0.15, 0.2) is 164 Å².